The summed E-state index contributed by atoms with van der Waals surface area (Å²) < 4.78 is 11.4. The highest BCUT2D eigenvalue weighted by Gasteiger charge is 2.42. The first kappa shape index (κ1) is 16.0. The maximum atomic E-state index is 13.0. The van der Waals surface area contributed by atoms with Crippen molar-refractivity contribution in [1.29, 1.82) is 0 Å². The van der Waals surface area contributed by atoms with E-state index in [-0.39, 0.29) is 5.78 Å². The van der Waals surface area contributed by atoms with Crippen LogP contribution in [0.5, 0.6) is 5.75 Å². The van der Waals surface area contributed by atoms with Gasteiger partial charge >= 0.3 is 0 Å². The number of rotatable bonds is 6. The first-order chi connectivity index (χ1) is 10.1. The molecular formula is C18H26O3. The zero-order valence-electron chi connectivity index (χ0n) is 13.4. The number of carbonyl (C=O) groups is 1. The molecule has 0 radical (unpaired) electrons. The van der Waals surface area contributed by atoms with Crippen LogP contribution < -0.4 is 4.74 Å². The summed E-state index contributed by atoms with van der Waals surface area (Å²) in [6, 6.07) is 7.47. The van der Waals surface area contributed by atoms with Crippen LogP contribution in [0.3, 0.4) is 0 Å². The molecule has 1 aliphatic rings. The number of benzene rings is 1. The number of hydrogen-bond acceptors (Lipinski definition) is 3. The molecule has 0 bridgehead atoms. The SMILES string of the molecule is CCOc1cccc(C(=O)C2(OCC)CCC(C)CC2)c1. The lowest BCUT2D eigenvalue weighted by molar-refractivity contribution is -0.0474. The van der Waals surface area contributed by atoms with Crippen molar-refractivity contribution in [2.45, 2.75) is 52.1 Å². The van der Waals surface area contributed by atoms with Crippen LogP contribution in [0.4, 0.5) is 0 Å². The lowest BCUT2D eigenvalue weighted by atomic mass is 9.75. The van der Waals surface area contributed by atoms with Crippen molar-refractivity contribution in [3.8, 4) is 5.75 Å². The normalized spacial score (nSPS) is 25.6. The molecule has 0 spiro atoms. The number of hydrogen-bond donors (Lipinski definition) is 0. The van der Waals surface area contributed by atoms with Crippen molar-refractivity contribution < 1.29 is 14.3 Å². The van der Waals surface area contributed by atoms with E-state index in [9.17, 15) is 4.79 Å². The molecule has 21 heavy (non-hydrogen) atoms. The quantitative estimate of drug-likeness (QED) is 0.735. The number of ketones is 1. The highest BCUT2D eigenvalue weighted by molar-refractivity contribution is 6.02. The fourth-order valence-corrected chi connectivity index (χ4v) is 3.10. The Morgan fingerprint density at radius 2 is 1.95 bits per heavy atom. The van der Waals surface area contributed by atoms with Gasteiger partial charge in [-0.1, -0.05) is 19.1 Å². The van der Waals surface area contributed by atoms with E-state index in [4.69, 9.17) is 9.47 Å². The fraction of sp³-hybridized carbons (Fsp3) is 0.611. The minimum Gasteiger partial charge on any atom is -0.494 e. The third-order valence-electron chi connectivity index (χ3n) is 4.32. The van der Waals surface area contributed by atoms with Gasteiger partial charge in [-0.05, 0) is 57.6 Å². The van der Waals surface area contributed by atoms with Gasteiger partial charge in [0.05, 0.1) is 6.61 Å². The second-order valence-electron chi connectivity index (χ2n) is 5.90. The number of ether oxygens (including phenoxy) is 2. The first-order valence-electron chi connectivity index (χ1n) is 8.03. The minimum atomic E-state index is -0.633. The van der Waals surface area contributed by atoms with E-state index >= 15 is 0 Å². The molecule has 1 fully saturated rings. The van der Waals surface area contributed by atoms with E-state index < -0.39 is 5.60 Å². The Kier molecular flexibility index (Phi) is 5.40. The highest BCUT2D eigenvalue weighted by atomic mass is 16.5. The molecule has 116 valence electrons. The summed E-state index contributed by atoms with van der Waals surface area (Å²) >= 11 is 0. The highest BCUT2D eigenvalue weighted by Crippen LogP contribution is 2.37. The fourth-order valence-electron chi connectivity index (χ4n) is 3.10. The summed E-state index contributed by atoms with van der Waals surface area (Å²) in [5, 5.41) is 0. The van der Waals surface area contributed by atoms with Crippen LogP contribution in [-0.2, 0) is 4.74 Å². The summed E-state index contributed by atoms with van der Waals surface area (Å²) in [6.45, 7) is 7.33. The van der Waals surface area contributed by atoms with E-state index in [1.807, 2.05) is 38.1 Å². The van der Waals surface area contributed by atoms with Gasteiger partial charge in [0.1, 0.15) is 11.4 Å². The largest absolute Gasteiger partial charge is 0.494 e. The predicted molar refractivity (Wildman–Crippen MR) is 83.9 cm³/mol. The molecule has 0 amide bonds. The number of carbonyl (C=O) groups excluding carboxylic acids is 1. The van der Waals surface area contributed by atoms with Crippen molar-refractivity contribution in [3.63, 3.8) is 0 Å². The van der Waals surface area contributed by atoms with Crippen molar-refractivity contribution in [2.24, 2.45) is 5.92 Å². The molecule has 2 rings (SSSR count). The van der Waals surface area contributed by atoms with E-state index in [2.05, 4.69) is 6.92 Å². The average molecular weight is 290 g/mol. The second kappa shape index (κ2) is 7.08. The van der Waals surface area contributed by atoms with Gasteiger partial charge in [-0.3, -0.25) is 4.79 Å². The topological polar surface area (TPSA) is 35.5 Å². The van der Waals surface area contributed by atoms with E-state index in [0.717, 1.165) is 31.4 Å². The Morgan fingerprint density at radius 1 is 1.24 bits per heavy atom. The third kappa shape index (κ3) is 3.65. The molecule has 0 heterocycles. The van der Waals surface area contributed by atoms with Crippen LogP contribution in [0, 0.1) is 5.92 Å². The third-order valence-corrected chi connectivity index (χ3v) is 4.32. The minimum absolute atomic E-state index is 0.109. The van der Waals surface area contributed by atoms with Crippen molar-refractivity contribution in [3.05, 3.63) is 29.8 Å². The second-order valence-corrected chi connectivity index (χ2v) is 5.90. The Morgan fingerprint density at radius 3 is 2.57 bits per heavy atom. The van der Waals surface area contributed by atoms with Gasteiger partial charge in [0, 0.05) is 12.2 Å². The Hall–Kier alpha value is -1.35. The standard InChI is InChI=1S/C18H26O3/c1-4-20-16-8-6-7-15(13-16)17(19)18(21-5-2)11-9-14(3)10-12-18/h6-8,13-14H,4-5,9-12H2,1-3H3. The maximum absolute atomic E-state index is 13.0. The molecule has 3 heteroatoms. The first-order valence-corrected chi connectivity index (χ1v) is 8.03. The summed E-state index contributed by atoms with van der Waals surface area (Å²) in [4.78, 5) is 13.0. The van der Waals surface area contributed by atoms with Crippen LogP contribution in [0.15, 0.2) is 24.3 Å². The van der Waals surface area contributed by atoms with Gasteiger partial charge in [0.25, 0.3) is 0 Å². The molecule has 0 unspecified atom stereocenters. The molecule has 3 nitrogen and oxygen atoms in total. The Labute approximate surface area is 127 Å². The molecule has 1 aromatic rings. The molecule has 0 saturated heterocycles. The van der Waals surface area contributed by atoms with E-state index in [0.29, 0.717) is 24.7 Å². The van der Waals surface area contributed by atoms with Gasteiger partial charge in [0.15, 0.2) is 5.78 Å². The molecule has 0 N–H and O–H groups in total. The molecule has 0 aliphatic heterocycles. The monoisotopic (exact) mass is 290 g/mol. The van der Waals surface area contributed by atoms with Crippen LogP contribution >= 0.6 is 0 Å². The van der Waals surface area contributed by atoms with E-state index in [1.165, 1.54) is 0 Å². The van der Waals surface area contributed by atoms with Crippen LogP contribution in [0.1, 0.15) is 56.8 Å². The summed E-state index contributed by atoms with van der Waals surface area (Å²) in [5.41, 5.74) is 0.0653. The van der Waals surface area contributed by atoms with Gasteiger partial charge in [-0.15, -0.1) is 0 Å². The lowest BCUT2D eigenvalue weighted by Gasteiger charge is -2.37. The maximum Gasteiger partial charge on any atom is 0.194 e. The molecular weight excluding hydrogens is 264 g/mol. The molecule has 0 aromatic heterocycles. The van der Waals surface area contributed by atoms with Gasteiger partial charge in [-0.25, -0.2) is 0 Å². The van der Waals surface area contributed by atoms with Gasteiger partial charge in [0.2, 0.25) is 0 Å². The van der Waals surface area contributed by atoms with Crippen molar-refractivity contribution >= 4 is 5.78 Å². The number of Topliss-reactive ketones (excluding diaryl/α,β-unsaturated/α-hetero) is 1. The zero-order valence-corrected chi connectivity index (χ0v) is 13.4. The van der Waals surface area contributed by atoms with Crippen LogP contribution in [0.25, 0.3) is 0 Å². The molecule has 1 aromatic carbocycles. The lowest BCUT2D eigenvalue weighted by Crippen LogP contribution is -2.44. The molecule has 1 aliphatic carbocycles. The summed E-state index contributed by atoms with van der Waals surface area (Å²) in [5.74, 6) is 1.54. The summed E-state index contributed by atoms with van der Waals surface area (Å²) in [6.07, 6.45) is 3.74. The average Bonchev–Trinajstić information content (AvgIpc) is 2.50. The predicted octanol–water partition coefficient (Wildman–Crippen LogP) is 4.25. The van der Waals surface area contributed by atoms with Crippen LogP contribution in [-0.4, -0.2) is 24.6 Å². The molecule has 1 saturated carbocycles. The Bertz CT molecular complexity index is 473. The van der Waals surface area contributed by atoms with Gasteiger partial charge in [-0.2, -0.15) is 0 Å². The van der Waals surface area contributed by atoms with Crippen LogP contribution in [0.2, 0.25) is 0 Å². The smallest absolute Gasteiger partial charge is 0.194 e. The van der Waals surface area contributed by atoms with Crippen molar-refractivity contribution in [2.75, 3.05) is 13.2 Å². The Balaban J connectivity index is 2.24. The zero-order chi connectivity index (χ0) is 15.3. The van der Waals surface area contributed by atoms with Crippen molar-refractivity contribution in [1.82, 2.24) is 0 Å². The summed E-state index contributed by atoms with van der Waals surface area (Å²) in [7, 11) is 0. The molecule has 0 atom stereocenters. The van der Waals surface area contributed by atoms with E-state index in [1.54, 1.807) is 0 Å². The van der Waals surface area contributed by atoms with Gasteiger partial charge < -0.3 is 9.47 Å².